The summed E-state index contributed by atoms with van der Waals surface area (Å²) in [6, 6.07) is 6.99. The molecule has 0 aliphatic rings. The summed E-state index contributed by atoms with van der Waals surface area (Å²) in [5, 5.41) is 5.35. The van der Waals surface area contributed by atoms with Crippen LogP contribution in [0.1, 0.15) is 38.8 Å². The Morgan fingerprint density at radius 2 is 1.65 bits per heavy atom. The number of alkyl carbamates (subject to hydrolysis) is 1. The fraction of sp³-hybridized carbons (Fsp3) is 0.444. The van der Waals surface area contributed by atoms with Crippen LogP contribution in [0.3, 0.4) is 0 Å². The molecule has 0 aliphatic heterocycles. The zero-order chi connectivity index (χ0) is 17.6. The van der Waals surface area contributed by atoms with Gasteiger partial charge in [0.15, 0.2) is 0 Å². The maximum absolute atomic E-state index is 12.4. The highest BCUT2D eigenvalue weighted by atomic mass is 16.6. The van der Waals surface area contributed by atoms with E-state index < -0.39 is 12.1 Å². The first-order valence-electron chi connectivity index (χ1n) is 7.74. The second-order valence-electron chi connectivity index (χ2n) is 6.15. The van der Waals surface area contributed by atoms with Crippen LogP contribution in [0.2, 0.25) is 0 Å². The van der Waals surface area contributed by atoms with Crippen LogP contribution in [0.25, 0.3) is 5.70 Å². The quantitative estimate of drug-likeness (QED) is 0.846. The lowest BCUT2D eigenvalue weighted by atomic mass is 10.0. The molecular formula is C18H26N2O3. The van der Waals surface area contributed by atoms with Crippen molar-refractivity contribution in [2.24, 2.45) is 5.92 Å². The molecule has 0 heterocycles. The van der Waals surface area contributed by atoms with Crippen molar-refractivity contribution < 1.29 is 14.3 Å². The van der Waals surface area contributed by atoms with Crippen molar-refractivity contribution in [3.63, 3.8) is 0 Å². The number of hydrogen-bond acceptors (Lipinski definition) is 3. The molecule has 1 aromatic rings. The molecular weight excluding hydrogens is 292 g/mol. The normalized spacial score (nSPS) is 12.0. The molecule has 126 valence electrons. The first-order valence-corrected chi connectivity index (χ1v) is 7.74. The molecule has 0 saturated carbocycles. The van der Waals surface area contributed by atoms with Crippen LogP contribution >= 0.6 is 0 Å². The van der Waals surface area contributed by atoms with Gasteiger partial charge < -0.3 is 15.4 Å². The van der Waals surface area contributed by atoms with Gasteiger partial charge in [0.05, 0.1) is 6.10 Å². The van der Waals surface area contributed by atoms with Gasteiger partial charge in [0, 0.05) is 5.70 Å². The summed E-state index contributed by atoms with van der Waals surface area (Å²) in [5.74, 6) is -0.396. The Morgan fingerprint density at radius 3 is 2.13 bits per heavy atom. The predicted octanol–water partition coefficient (Wildman–Crippen LogP) is 3.24. The van der Waals surface area contributed by atoms with Crippen LogP contribution in [-0.2, 0) is 9.53 Å². The molecule has 1 atom stereocenters. The SMILES string of the molecule is C=C(NC(=O)C(NC(=O)OC(C)C)C(C)C)c1ccc(C)cc1. The topological polar surface area (TPSA) is 67.4 Å². The molecule has 0 aliphatic carbocycles. The van der Waals surface area contributed by atoms with Crippen molar-refractivity contribution in [3.8, 4) is 0 Å². The minimum atomic E-state index is -0.691. The van der Waals surface area contributed by atoms with Crippen molar-refractivity contribution in [1.82, 2.24) is 10.6 Å². The molecule has 2 N–H and O–H groups in total. The fourth-order valence-electron chi connectivity index (χ4n) is 1.96. The third kappa shape index (κ3) is 6.14. The monoisotopic (exact) mass is 318 g/mol. The third-order valence-electron chi connectivity index (χ3n) is 3.24. The summed E-state index contributed by atoms with van der Waals surface area (Å²) in [4.78, 5) is 24.1. The van der Waals surface area contributed by atoms with Crippen LogP contribution < -0.4 is 10.6 Å². The van der Waals surface area contributed by atoms with Gasteiger partial charge >= 0.3 is 6.09 Å². The van der Waals surface area contributed by atoms with E-state index in [9.17, 15) is 9.59 Å². The molecule has 0 saturated heterocycles. The fourth-order valence-corrected chi connectivity index (χ4v) is 1.96. The van der Waals surface area contributed by atoms with Gasteiger partial charge in [-0.3, -0.25) is 4.79 Å². The molecule has 0 radical (unpaired) electrons. The van der Waals surface area contributed by atoms with Crippen molar-refractivity contribution in [2.45, 2.75) is 46.8 Å². The summed E-state index contributed by atoms with van der Waals surface area (Å²) in [6.07, 6.45) is -0.844. The lowest BCUT2D eigenvalue weighted by Crippen LogP contribution is -2.49. The van der Waals surface area contributed by atoms with Crippen LogP contribution in [0, 0.1) is 12.8 Å². The Hall–Kier alpha value is -2.30. The van der Waals surface area contributed by atoms with E-state index in [0.29, 0.717) is 5.70 Å². The Labute approximate surface area is 138 Å². The molecule has 0 spiro atoms. The van der Waals surface area contributed by atoms with Gasteiger partial charge in [0.25, 0.3) is 0 Å². The van der Waals surface area contributed by atoms with Crippen LogP contribution in [0.15, 0.2) is 30.8 Å². The average molecular weight is 318 g/mol. The summed E-state index contributed by atoms with van der Waals surface area (Å²) < 4.78 is 5.03. The van der Waals surface area contributed by atoms with Crippen LogP contribution in [-0.4, -0.2) is 24.1 Å². The van der Waals surface area contributed by atoms with E-state index in [1.54, 1.807) is 13.8 Å². The molecule has 1 unspecified atom stereocenters. The summed E-state index contributed by atoms with van der Waals surface area (Å²) in [7, 11) is 0. The number of nitrogens with one attached hydrogen (secondary N) is 2. The lowest BCUT2D eigenvalue weighted by Gasteiger charge is -2.22. The third-order valence-corrected chi connectivity index (χ3v) is 3.24. The minimum Gasteiger partial charge on any atom is -0.447 e. The number of carbonyl (C=O) groups is 2. The van der Waals surface area contributed by atoms with Crippen molar-refractivity contribution in [2.75, 3.05) is 0 Å². The second-order valence-corrected chi connectivity index (χ2v) is 6.15. The standard InChI is InChI=1S/C18H26N2O3/c1-11(2)16(20-18(22)23-12(3)4)17(21)19-14(6)15-9-7-13(5)8-10-15/h7-12,16H,6H2,1-5H3,(H,19,21)(H,20,22). The largest absolute Gasteiger partial charge is 0.447 e. The van der Waals surface area contributed by atoms with Crippen LogP contribution in [0.5, 0.6) is 0 Å². The smallest absolute Gasteiger partial charge is 0.408 e. The Bertz CT molecular complexity index is 562. The molecule has 5 heteroatoms. The predicted molar refractivity (Wildman–Crippen MR) is 91.7 cm³/mol. The highest BCUT2D eigenvalue weighted by Crippen LogP contribution is 2.12. The first-order chi connectivity index (χ1) is 10.7. The van der Waals surface area contributed by atoms with Gasteiger partial charge in [-0.25, -0.2) is 4.79 Å². The van der Waals surface area contributed by atoms with Crippen molar-refractivity contribution in [1.29, 1.82) is 0 Å². The molecule has 5 nitrogen and oxygen atoms in total. The van der Waals surface area contributed by atoms with Gasteiger partial charge in [-0.1, -0.05) is 50.3 Å². The number of carbonyl (C=O) groups excluding carboxylic acids is 2. The molecule has 2 amide bonds. The maximum Gasteiger partial charge on any atom is 0.408 e. The van der Waals surface area contributed by atoms with E-state index in [0.717, 1.165) is 11.1 Å². The zero-order valence-electron chi connectivity index (χ0n) is 14.5. The number of benzene rings is 1. The van der Waals surface area contributed by atoms with E-state index in [-0.39, 0.29) is 17.9 Å². The van der Waals surface area contributed by atoms with Crippen LogP contribution in [0.4, 0.5) is 4.79 Å². The van der Waals surface area contributed by atoms with E-state index >= 15 is 0 Å². The minimum absolute atomic E-state index is 0.0828. The van der Waals surface area contributed by atoms with Gasteiger partial charge in [0.1, 0.15) is 6.04 Å². The maximum atomic E-state index is 12.4. The number of rotatable bonds is 6. The van der Waals surface area contributed by atoms with Gasteiger partial charge in [-0.2, -0.15) is 0 Å². The molecule has 0 aromatic heterocycles. The molecule has 23 heavy (non-hydrogen) atoms. The molecule has 1 aromatic carbocycles. The summed E-state index contributed by atoms with van der Waals surface area (Å²) >= 11 is 0. The summed E-state index contributed by atoms with van der Waals surface area (Å²) in [5.41, 5.74) is 2.46. The van der Waals surface area contributed by atoms with E-state index in [2.05, 4.69) is 17.2 Å². The number of ether oxygens (including phenoxy) is 1. The lowest BCUT2D eigenvalue weighted by molar-refractivity contribution is -0.122. The number of aryl methyl sites for hydroxylation is 1. The van der Waals surface area contributed by atoms with Gasteiger partial charge in [-0.15, -0.1) is 0 Å². The zero-order valence-corrected chi connectivity index (χ0v) is 14.5. The summed E-state index contributed by atoms with van der Waals surface area (Å²) in [6.45, 7) is 13.1. The Kier molecular flexibility index (Phi) is 6.82. The van der Waals surface area contributed by atoms with Crippen molar-refractivity contribution >= 4 is 17.7 Å². The van der Waals surface area contributed by atoms with E-state index in [4.69, 9.17) is 4.74 Å². The van der Waals surface area contributed by atoms with Crippen molar-refractivity contribution in [3.05, 3.63) is 42.0 Å². The number of hydrogen-bond donors (Lipinski definition) is 2. The highest BCUT2D eigenvalue weighted by Gasteiger charge is 2.25. The molecule has 1 rings (SSSR count). The molecule has 0 fully saturated rings. The Morgan fingerprint density at radius 1 is 1.09 bits per heavy atom. The van der Waals surface area contributed by atoms with Gasteiger partial charge in [-0.05, 0) is 32.3 Å². The van der Waals surface area contributed by atoms with E-state index in [1.165, 1.54) is 0 Å². The Balaban J connectivity index is 2.72. The average Bonchev–Trinajstić information content (AvgIpc) is 2.44. The molecule has 0 bridgehead atoms. The number of amides is 2. The first kappa shape index (κ1) is 18.7. The second kappa shape index (κ2) is 8.36. The van der Waals surface area contributed by atoms with Gasteiger partial charge in [0.2, 0.25) is 5.91 Å². The van der Waals surface area contributed by atoms with E-state index in [1.807, 2.05) is 45.0 Å². The highest BCUT2D eigenvalue weighted by molar-refractivity contribution is 5.92.